The second-order valence-corrected chi connectivity index (χ2v) is 6.96. The monoisotopic (exact) mass is 430 g/mol. The average Bonchev–Trinajstić information content (AvgIpc) is 2.69. The summed E-state index contributed by atoms with van der Waals surface area (Å²) in [6, 6.07) is 11.2. The van der Waals surface area contributed by atoms with Crippen LogP contribution in [0.3, 0.4) is 0 Å². The van der Waals surface area contributed by atoms with E-state index in [4.69, 9.17) is 27.9 Å². The number of ether oxygens (including phenoxy) is 1. The van der Waals surface area contributed by atoms with Crippen LogP contribution in [0.25, 0.3) is 6.08 Å². The Morgan fingerprint density at radius 3 is 2.45 bits per heavy atom. The Morgan fingerprint density at radius 1 is 1.07 bits per heavy atom. The zero-order chi connectivity index (χ0) is 21.0. The smallest absolute Gasteiger partial charge is 0.331 e. The number of hydrogen-bond donors (Lipinski definition) is 1. The van der Waals surface area contributed by atoms with Crippen LogP contribution < -0.4 is 10.1 Å². The lowest BCUT2D eigenvalue weighted by molar-refractivity contribution is -0.129. The first-order chi connectivity index (χ1) is 13.9. The molecule has 0 bridgehead atoms. The molecule has 148 valence electrons. The van der Waals surface area contributed by atoms with E-state index >= 15 is 0 Å². The zero-order valence-electron chi connectivity index (χ0n) is 15.2. The maximum Gasteiger partial charge on any atom is 0.331 e. The first kappa shape index (κ1) is 20.6. The predicted octanol–water partition coefficient (Wildman–Crippen LogP) is 4.22. The number of halogens is 2. The molecule has 2 aromatic carbocycles. The Morgan fingerprint density at radius 2 is 1.79 bits per heavy atom. The number of barbiturate groups is 1. The Labute approximate surface area is 177 Å². The molecule has 8 heteroatoms. The number of hydrogen-bond acceptors (Lipinski definition) is 4. The van der Waals surface area contributed by atoms with Gasteiger partial charge in [0.25, 0.3) is 11.8 Å². The number of amides is 4. The van der Waals surface area contributed by atoms with Gasteiger partial charge in [0, 0.05) is 22.2 Å². The second kappa shape index (κ2) is 8.94. The lowest BCUT2D eigenvalue weighted by Gasteiger charge is -2.25. The van der Waals surface area contributed by atoms with Gasteiger partial charge in [0.15, 0.2) is 0 Å². The number of nitrogens with one attached hydrogen (secondary N) is 1. The summed E-state index contributed by atoms with van der Waals surface area (Å²) in [7, 11) is 0. The lowest BCUT2D eigenvalue weighted by Crippen LogP contribution is -2.54. The molecule has 0 aromatic heterocycles. The fraction of sp³-hybridized carbons (Fsp3) is 0.0952. The normalized spacial score (nSPS) is 15.4. The molecule has 4 amide bonds. The molecule has 0 radical (unpaired) electrons. The number of carbonyl (C=O) groups is 3. The van der Waals surface area contributed by atoms with Gasteiger partial charge < -0.3 is 4.74 Å². The van der Waals surface area contributed by atoms with Crippen molar-refractivity contribution in [2.24, 2.45) is 0 Å². The molecule has 1 N–H and O–H groups in total. The van der Waals surface area contributed by atoms with Crippen molar-refractivity contribution in [1.29, 1.82) is 0 Å². The highest BCUT2D eigenvalue weighted by atomic mass is 35.5. The number of benzene rings is 2. The largest absolute Gasteiger partial charge is 0.489 e. The minimum atomic E-state index is -0.762. The molecule has 1 aliphatic rings. The third kappa shape index (κ3) is 4.85. The predicted molar refractivity (Wildman–Crippen MR) is 111 cm³/mol. The van der Waals surface area contributed by atoms with Crippen molar-refractivity contribution < 1.29 is 19.1 Å². The highest BCUT2D eigenvalue weighted by Crippen LogP contribution is 2.23. The highest BCUT2D eigenvalue weighted by molar-refractivity contribution is 6.35. The summed E-state index contributed by atoms with van der Waals surface area (Å²) < 4.78 is 5.70. The first-order valence-corrected chi connectivity index (χ1v) is 9.31. The van der Waals surface area contributed by atoms with E-state index in [1.165, 1.54) is 12.2 Å². The van der Waals surface area contributed by atoms with E-state index in [1.807, 2.05) is 0 Å². The molecule has 1 saturated heterocycles. The molecule has 1 fully saturated rings. The van der Waals surface area contributed by atoms with E-state index in [0.717, 1.165) is 10.5 Å². The van der Waals surface area contributed by atoms with Gasteiger partial charge in [-0.1, -0.05) is 47.5 Å². The fourth-order valence-corrected chi connectivity index (χ4v) is 3.08. The maximum absolute atomic E-state index is 12.4. The summed E-state index contributed by atoms with van der Waals surface area (Å²) >= 11 is 12.0. The number of rotatable bonds is 6. The minimum Gasteiger partial charge on any atom is -0.489 e. The van der Waals surface area contributed by atoms with E-state index in [9.17, 15) is 14.4 Å². The second-order valence-electron chi connectivity index (χ2n) is 6.12. The lowest BCUT2D eigenvalue weighted by atomic mass is 10.1. The summed E-state index contributed by atoms with van der Waals surface area (Å²) in [5.41, 5.74) is 1.26. The molecule has 1 heterocycles. The molecular weight excluding hydrogens is 415 g/mol. The SMILES string of the molecule is C=CCN1C(=O)NC(=O)/C(=C/c2ccc(OCc3ccc(Cl)cc3Cl)cc2)C1=O. The molecule has 0 saturated carbocycles. The Balaban J connectivity index is 1.72. The fourth-order valence-electron chi connectivity index (χ4n) is 2.62. The number of carbonyl (C=O) groups excluding carboxylic acids is 3. The van der Waals surface area contributed by atoms with Crippen molar-refractivity contribution in [2.75, 3.05) is 6.54 Å². The van der Waals surface area contributed by atoms with Crippen LogP contribution in [0.1, 0.15) is 11.1 Å². The Bertz CT molecular complexity index is 1020. The van der Waals surface area contributed by atoms with Gasteiger partial charge in [-0.2, -0.15) is 0 Å². The summed E-state index contributed by atoms with van der Waals surface area (Å²) in [6.07, 6.45) is 2.82. The van der Waals surface area contributed by atoms with Crippen molar-refractivity contribution in [3.8, 4) is 5.75 Å². The molecule has 0 atom stereocenters. The quantitative estimate of drug-likeness (QED) is 0.422. The third-order valence-corrected chi connectivity index (χ3v) is 4.68. The van der Waals surface area contributed by atoms with E-state index in [1.54, 1.807) is 42.5 Å². The van der Waals surface area contributed by atoms with Crippen LogP contribution in [0, 0.1) is 0 Å². The van der Waals surface area contributed by atoms with E-state index < -0.39 is 17.8 Å². The van der Waals surface area contributed by atoms with Crippen molar-refractivity contribution in [3.05, 3.63) is 81.9 Å². The number of urea groups is 1. The van der Waals surface area contributed by atoms with Crippen LogP contribution in [0.4, 0.5) is 4.79 Å². The van der Waals surface area contributed by atoms with Crippen molar-refractivity contribution in [3.63, 3.8) is 0 Å². The van der Waals surface area contributed by atoms with Gasteiger partial charge in [-0.25, -0.2) is 4.79 Å². The topological polar surface area (TPSA) is 75.7 Å². The molecule has 29 heavy (non-hydrogen) atoms. The van der Waals surface area contributed by atoms with Crippen LogP contribution in [-0.4, -0.2) is 29.3 Å². The zero-order valence-corrected chi connectivity index (χ0v) is 16.7. The van der Waals surface area contributed by atoms with Gasteiger partial charge in [-0.05, 0) is 35.9 Å². The summed E-state index contributed by atoms with van der Waals surface area (Å²) in [5.74, 6) is -0.824. The number of nitrogens with zero attached hydrogens (tertiary/aromatic N) is 1. The Hall–Kier alpha value is -3.09. The standard InChI is InChI=1S/C21H16Cl2N2O4/c1-2-9-25-20(27)17(19(26)24-21(25)28)10-13-3-7-16(8-4-13)29-12-14-5-6-15(22)11-18(14)23/h2-8,10-11H,1,9,12H2,(H,24,26,28)/b17-10-. The third-order valence-electron chi connectivity index (χ3n) is 4.10. The minimum absolute atomic E-state index is 0.00925. The molecule has 3 rings (SSSR count). The van der Waals surface area contributed by atoms with Crippen molar-refractivity contribution in [1.82, 2.24) is 10.2 Å². The van der Waals surface area contributed by atoms with Gasteiger partial charge >= 0.3 is 6.03 Å². The van der Waals surface area contributed by atoms with Gasteiger partial charge in [0.05, 0.1) is 0 Å². The average molecular weight is 431 g/mol. The van der Waals surface area contributed by atoms with Gasteiger partial charge in [-0.15, -0.1) is 6.58 Å². The molecule has 6 nitrogen and oxygen atoms in total. The summed E-state index contributed by atoms with van der Waals surface area (Å²) in [5, 5.41) is 3.20. The maximum atomic E-state index is 12.4. The molecule has 0 spiro atoms. The van der Waals surface area contributed by atoms with Crippen LogP contribution in [-0.2, 0) is 16.2 Å². The Kier molecular flexibility index (Phi) is 6.36. The summed E-state index contributed by atoms with van der Waals surface area (Å²) in [6.45, 7) is 3.77. The van der Waals surface area contributed by atoms with Crippen molar-refractivity contribution in [2.45, 2.75) is 6.61 Å². The van der Waals surface area contributed by atoms with Crippen molar-refractivity contribution >= 4 is 47.1 Å². The first-order valence-electron chi connectivity index (χ1n) is 8.55. The molecular formula is C21H16Cl2N2O4. The highest BCUT2D eigenvalue weighted by Gasteiger charge is 2.34. The molecule has 0 unspecified atom stereocenters. The van der Waals surface area contributed by atoms with E-state index in [0.29, 0.717) is 21.4 Å². The van der Waals surface area contributed by atoms with Gasteiger partial charge in [-0.3, -0.25) is 19.8 Å². The van der Waals surface area contributed by atoms with E-state index in [2.05, 4.69) is 11.9 Å². The number of imide groups is 2. The molecule has 2 aromatic rings. The van der Waals surface area contributed by atoms with Gasteiger partial charge in [0.1, 0.15) is 17.9 Å². The van der Waals surface area contributed by atoms with E-state index in [-0.39, 0.29) is 18.7 Å². The van der Waals surface area contributed by atoms with Gasteiger partial charge in [0.2, 0.25) is 0 Å². The van der Waals surface area contributed by atoms with Crippen LogP contribution >= 0.6 is 23.2 Å². The molecule has 1 aliphatic heterocycles. The van der Waals surface area contributed by atoms with Crippen LogP contribution in [0.15, 0.2) is 60.7 Å². The summed E-state index contributed by atoms with van der Waals surface area (Å²) in [4.78, 5) is 37.1. The molecule has 0 aliphatic carbocycles. The van der Waals surface area contributed by atoms with Crippen LogP contribution in [0.5, 0.6) is 5.75 Å². The van der Waals surface area contributed by atoms with Crippen LogP contribution in [0.2, 0.25) is 10.0 Å².